The standard InChI is InChI=1S/C19H20ClNO2S/c1-12-8-13(2)19(14(3)9-12)21-18(23)11-24-10-17(22)15-4-6-16(20)7-5-15/h4-9H,10-11H2,1-3H3,(H,21,23). The Labute approximate surface area is 151 Å². The number of ketones is 1. The van der Waals surface area contributed by atoms with Crippen molar-refractivity contribution in [3.05, 3.63) is 63.7 Å². The van der Waals surface area contributed by atoms with Gasteiger partial charge in [-0.3, -0.25) is 9.59 Å². The molecule has 0 radical (unpaired) electrons. The average molecular weight is 362 g/mol. The Morgan fingerprint density at radius 1 is 1.00 bits per heavy atom. The third kappa shape index (κ3) is 5.11. The lowest BCUT2D eigenvalue weighted by Crippen LogP contribution is -2.17. The van der Waals surface area contributed by atoms with Gasteiger partial charge in [-0.2, -0.15) is 0 Å². The van der Waals surface area contributed by atoms with E-state index in [0.29, 0.717) is 10.6 Å². The number of benzene rings is 2. The monoisotopic (exact) mass is 361 g/mol. The topological polar surface area (TPSA) is 46.2 Å². The molecule has 0 atom stereocenters. The summed E-state index contributed by atoms with van der Waals surface area (Å²) in [5, 5.41) is 3.54. The normalized spacial score (nSPS) is 10.5. The van der Waals surface area contributed by atoms with Crippen molar-refractivity contribution in [2.45, 2.75) is 20.8 Å². The molecule has 24 heavy (non-hydrogen) atoms. The summed E-state index contributed by atoms with van der Waals surface area (Å²) in [6.07, 6.45) is 0. The first-order chi connectivity index (χ1) is 11.4. The molecule has 0 aliphatic heterocycles. The van der Waals surface area contributed by atoms with Crippen molar-refractivity contribution in [1.29, 1.82) is 0 Å². The molecule has 0 saturated carbocycles. The largest absolute Gasteiger partial charge is 0.325 e. The van der Waals surface area contributed by atoms with Crippen LogP contribution in [-0.4, -0.2) is 23.2 Å². The van der Waals surface area contributed by atoms with Crippen LogP contribution in [0.25, 0.3) is 0 Å². The summed E-state index contributed by atoms with van der Waals surface area (Å²) in [6.45, 7) is 5.99. The van der Waals surface area contributed by atoms with Crippen LogP contribution < -0.4 is 5.32 Å². The van der Waals surface area contributed by atoms with Crippen LogP contribution in [0.1, 0.15) is 27.0 Å². The van der Waals surface area contributed by atoms with E-state index in [0.717, 1.165) is 16.8 Å². The smallest absolute Gasteiger partial charge is 0.234 e. The van der Waals surface area contributed by atoms with Crippen molar-refractivity contribution in [3.63, 3.8) is 0 Å². The molecule has 0 spiro atoms. The second-order valence-electron chi connectivity index (χ2n) is 5.74. The van der Waals surface area contributed by atoms with Crippen molar-refractivity contribution in [1.82, 2.24) is 0 Å². The molecule has 2 aromatic rings. The van der Waals surface area contributed by atoms with E-state index in [-0.39, 0.29) is 23.2 Å². The lowest BCUT2D eigenvalue weighted by Gasteiger charge is -2.12. The third-order valence-corrected chi connectivity index (χ3v) is 4.76. The van der Waals surface area contributed by atoms with Crippen LogP contribution in [0.2, 0.25) is 5.02 Å². The van der Waals surface area contributed by atoms with E-state index in [1.54, 1.807) is 24.3 Å². The van der Waals surface area contributed by atoms with Crippen LogP contribution in [0.4, 0.5) is 5.69 Å². The average Bonchev–Trinajstić information content (AvgIpc) is 2.51. The van der Waals surface area contributed by atoms with Gasteiger partial charge in [-0.1, -0.05) is 29.3 Å². The fourth-order valence-electron chi connectivity index (χ4n) is 2.51. The van der Waals surface area contributed by atoms with Gasteiger partial charge in [0.1, 0.15) is 0 Å². The number of carbonyl (C=O) groups is 2. The lowest BCUT2D eigenvalue weighted by molar-refractivity contribution is -0.113. The van der Waals surface area contributed by atoms with Gasteiger partial charge in [-0.25, -0.2) is 0 Å². The molecule has 3 nitrogen and oxygen atoms in total. The van der Waals surface area contributed by atoms with Crippen molar-refractivity contribution >= 4 is 40.7 Å². The fourth-order valence-corrected chi connectivity index (χ4v) is 3.35. The van der Waals surface area contributed by atoms with Crippen LogP contribution in [-0.2, 0) is 4.79 Å². The van der Waals surface area contributed by atoms with Gasteiger partial charge in [0.05, 0.1) is 11.5 Å². The lowest BCUT2D eigenvalue weighted by atomic mass is 10.1. The molecule has 2 aromatic carbocycles. The Morgan fingerprint density at radius 3 is 2.17 bits per heavy atom. The number of aryl methyl sites for hydroxylation is 3. The molecule has 1 amide bonds. The Bertz CT molecular complexity index is 733. The van der Waals surface area contributed by atoms with E-state index >= 15 is 0 Å². The Kier molecular flexibility index (Phi) is 6.46. The number of amides is 1. The van der Waals surface area contributed by atoms with Gasteiger partial charge in [-0.05, 0) is 56.2 Å². The molecule has 0 aliphatic rings. The quantitative estimate of drug-likeness (QED) is 0.750. The van der Waals surface area contributed by atoms with E-state index in [2.05, 4.69) is 5.32 Å². The van der Waals surface area contributed by atoms with Crippen molar-refractivity contribution in [3.8, 4) is 0 Å². The third-order valence-electron chi connectivity index (χ3n) is 3.57. The molecule has 5 heteroatoms. The van der Waals surface area contributed by atoms with Crippen LogP contribution >= 0.6 is 23.4 Å². The van der Waals surface area contributed by atoms with Gasteiger partial charge >= 0.3 is 0 Å². The zero-order valence-corrected chi connectivity index (χ0v) is 15.6. The minimum Gasteiger partial charge on any atom is -0.325 e. The predicted octanol–water partition coefficient (Wildman–Crippen LogP) is 4.82. The maximum absolute atomic E-state index is 12.1. The minimum absolute atomic E-state index is 0.00726. The molecule has 2 rings (SSSR count). The second kappa shape index (κ2) is 8.36. The SMILES string of the molecule is Cc1cc(C)c(NC(=O)CSCC(=O)c2ccc(Cl)cc2)c(C)c1. The van der Waals surface area contributed by atoms with Crippen molar-refractivity contribution in [2.24, 2.45) is 0 Å². The van der Waals surface area contributed by atoms with E-state index < -0.39 is 0 Å². The molecule has 0 aliphatic carbocycles. The highest BCUT2D eigenvalue weighted by atomic mass is 35.5. The zero-order chi connectivity index (χ0) is 17.7. The maximum atomic E-state index is 12.1. The predicted molar refractivity (Wildman–Crippen MR) is 102 cm³/mol. The first-order valence-electron chi connectivity index (χ1n) is 7.61. The van der Waals surface area contributed by atoms with Crippen LogP contribution in [0, 0.1) is 20.8 Å². The Morgan fingerprint density at radius 2 is 1.58 bits per heavy atom. The second-order valence-corrected chi connectivity index (χ2v) is 7.17. The summed E-state index contributed by atoms with van der Waals surface area (Å²) in [4.78, 5) is 24.1. The van der Waals surface area contributed by atoms with Crippen LogP contribution in [0.5, 0.6) is 0 Å². The van der Waals surface area contributed by atoms with Crippen LogP contribution in [0.15, 0.2) is 36.4 Å². The molecule has 0 saturated heterocycles. The minimum atomic E-state index is -0.0982. The van der Waals surface area contributed by atoms with Crippen LogP contribution in [0.3, 0.4) is 0 Å². The number of thioether (sulfide) groups is 1. The Hall–Kier alpha value is -1.78. The number of halogens is 1. The summed E-state index contributed by atoms with van der Waals surface area (Å²) in [7, 11) is 0. The van der Waals surface area contributed by atoms with Gasteiger partial charge in [0, 0.05) is 16.3 Å². The number of rotatable bonds is 6. The highest BCUT2D eigenvalue weighted by molar-refractivity contribution is 8.00. The van der Waals surface area contributed by atoms with E-state index in [9.17, 15) is 9.59 Å². The molecule has 0 unspecified atom stereocenters. The molecular weight excluding hydrogens is 342 g/mol. The Balaban J connectivity index is 1.85. The van der Waals surface area contributed by atoms with Gasteiger partial charge in [0.25, 0.3) is 0 Å². The first-order valence-corrected chi connectivity index (χ1v) is 9.14. The van der Waals surface area contributed by atoms with Gasteiger partial charge < -0.3 is 5.32 Å². The molecular formula is C19H20ClNO2S. The van der Waals surface area contributed by atoms with Gasteiger partial charge in [-0.15, -0.1) is 11.8 Å². The summed E-state index contributed by atoms with van der Waals surface area (Å²) >= 11 is 7.11. The van der Waals surface area contributed by atoms with Crippen molar-refractivity contribution < 1.29 is 9.59 Å². The van der Waals surface area contributed by atoms with Gasteiger partial charge in [0.15, 0.2) is 5.78 Å². The number of carbonyl (C=O) groups excluding carboxylic acids is 2. The molecule has 0 aromatic heterocycles. The summed E-state index contributed by atoms with van der Waals surface area (Å²) in [5.74, 6) is 0.402. The highest BCUT2D eigenvalue weighted by Gasteiger charge is 2.11. The molecule has 0 fully saturated rings. The number of anilines is 1. The molecule has 126 valence electrons. The summed E-state index contributed by atoms with van der Waals surface area (Å²) in [6, 6.07) is 10.9. The van der Waals surface area contributed by atoms with Crippen molar-refractivity contribution in [2.75, 3.05) is 16.8 Å². The summed E-state index contributed by atoms with van der Waals surface area (Å²) < 4.78 is 0. The van der Waals surface area contributed by atoms with E-state index in [4.69, 9.17) is 11.6 Å². The number of Topliss-reactive ketones (excluding diaryl/α,β-unsaturated/α-hetero) is 1. The molecule has 1 N–H and O–H groups in total. The van der Waals surface area contributed by atoms with E-state index in [1.165, 1.54) is 17.3 Å². The van der Waals surface area contributed by atoms with E-state index in [1.807, 2.05) is 32.9 Å². The zero-order valence-electron chi connectivity index (χ0n) is 14.0. The fraction of sp³-hybridized carbons (Fsp3) is 0.263. The number of nitrogens with one attached hydrogen (secondary N) is 1. The molecule has 0 heterocycles. The highest BCUT2D eigenvalue weighted by Crippen LogP contribution is 2.22. The first kappa shape index (κ1) is 18.6. The number of hydrogen-bond acceptors (Lipinski definition) is 3. The molecule has 0 bridgehead atoms. The summed E-state index contributed by atoms with van der Waals surface area (Å²) in [5.41, 5.74) is 4.73. The number of hydrogen-bond donors (Lipinski definition) is 1. The van der Waals surface area contributed by atoms with Gasteiger partial charge in [0.2, 0.25) is 5.91 Å². The maximum Gasteiger partial charge on any atom is 0.234 e.